The van der Waals surface area contributed by atoms with E-state index in [1.54, 1.807) is 6.07 Å². The SMILES string of the molecule is CC.O=C(NCC1(O)CCCCCC1)c1cn(C2COC2)c2cccc(Cl)c12. The summed E-state index contributed by atoms with van der Waals surface area (Å²) in [5, 5.41) is 15.1. The maximum atomic E-state index is 12.9. The first-order valence-corrected chi connectivity index (χ1v) is 10.8. The number of nitrogens with one attached hydrogen (secondary N) is 1. The third-order valence-electron chi connectivity index (χ3n) is 5.68. The first-order valence-electron chi connectivity index (χ1n) is 10.4. The highest BCUT2D eigenvalue weighted by molar-refractivity contribution is 6.36. The van der Waals surface area contributed by atoms with E-state index in [0.717, 1.165) is 49.4 Å². The molecule has 2 aliphatic rings. The fourth-order valence-electron chi connectivity index (χ4n) is 4.03. The highest BCUT2D eigenvalue weighted by atomic mass is 35.5. The Bertz CT molecular complexity index is 805. The van der Waals surface area contributed by atoms with Crippen LogP contribution in [-0.2, 0) is 4.74 Å². The summed E-state index contributed by atoms with van der Waals surface area (Å²) < 4.78 is 7.39. The highest BCUT2D eigenvalue weighted by Crippen LogP contribution is 2.33. The Morgan fingerprint density at radius 2 is 1.93 bits per heavy atom. The molecule has 28 heavy (non-hydrogen) atoms. The molecule has 0 spiro atoms. The number of ether oxygens (including phenoxy) is 1. The Balaban J connectivity index is 0.00000109. The van der Waals surface area contributed by atoms with Crippen molar-refractivity contribution in [2.45, 2.75) is 64.0 Å². The lowest BCUT2D eigenvalue weighted by molar-refractivity contribution is -0.0214. The summed E-state index contributed by atoms with van der Waals surface area (Å²) in [4.78, 5) is 12.9. The van der Waals surface area contributed by atoms with Crippen LogP contribution in [0.4, 0.5) is 0 Å². The molecule has 2 heterocycles. The van der Waals surface area contributed by atoms with Gasteiger partial charge in [0.05, 0.1) is 41.0 Å². The van der Waals surface area contributed by atoms with Gasteiger partial charge in [0.2, 0.25) is 0 Å². The van der Waals surface area contributed by atoms with E-state index in [2.05, 4.69) is 9.88 Å². The normalized spacial score (nSPS) is 19.3. The van der Waals surface area contributed by atoms with Crippen LogP contribution in [-0.4, -0.2) is 40.9 Å². The number of halogens is 1. The van der Waals surface area contributed by atoms with E-state index in [0.29, 0.717) is 23.8 Å². The number of nitrogens with zero attached hydrogens (tertiary/aromatic N) is 1. The summed E-state index contributed by atoms with van der Waals surface area (Å²) in [6.07, 6.45) is 7.70. The van der Waals surface area contributed by atoms with Gasteiger partial charge < -0.3 is 19.7 Å². The second kappa shape index (κ2) is 9.29. The molecule has 0 unspecified atom stereocenters. The fraction of sp³-hybridized carbons (Fsp3) is 0.591. The Kier molecular flexibility index (Phi) is 7.02. The summed E-state index contributed by atoms with van der Waals surface area (Å²) in [7, 11) is 0. The molecule has 1 aromatic carbocycles. The van der Waals surface area contributed by atoms with Crippen LogP contribution in [0.1, 0.15) is 68.8 Å². The zero-order chi connectivity index (χ0) is 20.1. The van der Waals surface area contributed by atoms with Gasteiger partial charge in [0.15, 0.2) is 0 Å². The lowest BCUT2D eigenvalue weighted by Crippen LogP contribution is -2.42. The van der Waals surface area contributed by atoms with Crippen LogP contribution in [0, 0.1) is 0 Å². The molecule has 5 nitrogen and oxygen atoms in total. The van der Waals surface area contributed by atoms with Crippen LogP contribution < -0.4 is 5.32 Å². The summed E-state index contributed by atoms with van der Waals surface area (Å²) >= 11 is 6.41. The molecule has 4 rings (SSSR count). The van der Waals surface area contributed by atoms with Crippen LogP contribution in [0.5, 0.6) is 0 Å². The Labute approximate surface area is 172 Å². The summed E-state index contributed by atoms with van der Waals surface area (Å²) in [6, 6.07) is 5.93. The molecule has 2 aromatic rings. The number of fused-ring (bicyclic) bond motifs is 1. The largest absolute Gasteiger partial charge is 0.388 e. The molecule has 1 saturated heterocycles. The molecule has 0 bridgehead atoms. The van der Waals surface area contributed by atoms with E-state index < -0.39 is 5.60 Å². The molecule has 1 amide bonds. The molecular weight excluding hydrogens is 376 g/mol. The van der Waals surface area contributed by atoms with Crippen molar-refractivity contribution >= 4 is 28.4 Å². The quantitative estimate of drug-likeness (QED) is 0.723. The van der Waals surface area contributed by atoms with Crippen molar-refractivity contribution in [3.8, 4) is 0 Å². The number of amides is 1. The van der Waals surface area contributed by atoms with Crippen molar-refractivity contribution in [2.24, 2.45) is 0 Å². The van der Waals surface area contributed by atoms with E-state index in [4.69, 9.17) is 16.3 Å². The first-order chi connectivity index (χ1) is 13.6. The van der Waals surface area contributed by atoms with E-state index in [-0.39, 0.29) is 18.5 Å². The van der Waals surface area contributed by atoms with Crippen molar-refractivity contribution in [1.82, 2.24) is 9.88 Å². The third-order valence-corrected chi connectivity index (χ3v) is 5.99. The lowest BCUT2D eigenvalue weighted by atomic mass is 9.94. The molecule has 1 aromatic heterocycles. The number of hydrogen-bond acceptors (Lipinski definition) is 3. The van der Waals surface area contributed by atoms with Crippen molar-refractivity contribution in [1.29, 1.82) is 0 Å². The number of aliphatic hydroxyl groups is 1. The molecule has 0 atom stereocenters. The fourth-order valence-corrected chi connectivity index (χ4v) is 4.30. The lowest BCUT2D eigenvalue weighted by Gasteiger charge is -2.28. The van der Waals surface area contributed by atoms with Crippen LogP contribution in [0.3, 0.4) is 0 Å². The van der Waals surface area contributed by atoms with Crippen LogP contribution >= 0.6 is 11.6 Å². The number of rotatable bonds is 4. The molecular formula is C22H31ClN2O3. The maximum absolute atomic E-state index is 12.9. The monoisotopic (exact) mass is 406 g/mol. The molecule has 1 saturated carbocycles. The van der Waals surface area contributed by atoms with Crippen molar-refractivity contribution in [3.63, 3.8) is 0 Å². The van der Waals surface area contributed by atoms with Gasteiger partial charge >= 0.3 is 0 Å². The number of aromatic nitrogens is 1. The minimum absolute atomic E-state index is 0.181. The summed E-state index contributed by atoms with van der Waals surface area (Å²) in [6.45, 7) is 5.59. The predicted octanol–water partition coefficient (Wildman–Crippen LogP) is 4.71. The second-order valence-corrected chi connectivity index (χ2v) is 8.00. The molecule has 6 heteroatoms. The van der Waals surface area contributed by atoms with E-state index >= 15 is 0 Å². The third kappa shape index (κ3) is 4.37. The Hall–Kier alpha value is -1.56. The molecule has 2 fully saturated rings. The van der Waals surface area contributed by atoms with Crippen molar-refractivity contribution < 1.29 is 14.6 Å². The number of carbonyl (C=O) groups is 1. The minimum atomic E-state index is -0.795. The van der Waals surface area contributed by atoms with Gasteiger partial charge in [-0.15, -0.1) is 0 Å². The van der Waals surface area contributed by atoms with Gasteiger partial charge in [-0.05, 0) is 25.0 Å². The van der Waals surface area contributed by atoms with Crippen LogP contribution in [0.25, 0.3) is 10.9 Å². The average Bonchev–Trinajstić information content (AvgIpc) is 2.90. The summed E-state index contributed by atoms with van der Waals surface area (Å²) in [5.41, 5.74) is 0.717. The van der Waals surface area contributed by atoms with Crippen molar-refractivity contribution in [2.75, 3.05) is 19.8 Å². The Morgan fingerprint density at radius 1 is 1.25 bits per heavy atom. The van der Waals surface area contributed by atoms with E-state index in [1.807, 2.05) is 32.2 Å². The number of carbonyl (C=O) groups excluding carboxylic acids is 1. The number of benzene rings is 1. The number of hydrogen-bond donors (Lipinski definition) is 2. The highest BCUT2D eigenvalue weighted by Gasteiger charge is 2.30. The topological polar surface area (TPSA) is 63.5 Å². The van der Waals surface area contributed by atoms with E-state index in [1.165, 1.54) is 0 Å². The van der Waals surface area contributed by atoms with Crippen molar-refractivity contribution in [3.05, 3.63) is 35.0 Å². The molecule has 1 aliphatic heterocycles. The van der Waals surface area contributed by atoms with Gasteiger partial charge in [-0.2, -0.15) is 0 Å². The van der Waals surface area contributed by atoms with Gasteiger partial charge in [-0.25, -0.2) is 0 Å². The zero-order valence-corrected chi connectivity index (χ0v) is 17.6. The van der Waals surface area contributed by atoms with Gasteiger partial charge in [0.25, 0.3) is 5.91 Å². The smallest absolute Gasteiger partial charge is 0.253 e. The van der Waals surface area contributed by atoms with Crippen LogP contribution in [0.15, 0.2) is 24.4 Å². The van der Waals surface area contributed by atoms with Gasteiger partial charge in [0, 0.05) is 18.1 Å². The van der Waals surface area contributed by atoms with Gasteiger partial charge in [-0.3, -0.25) is 4.79 Å². The maximum Gasteiger partial charge on any atom is 0.253 e. The summed E-state index contributed by atoms with van der Waals surface area (Å²) in [5.74, 6) is -0.181. The Morgan fingerprint density at radius 3 is 2.54 bits per heavy atom. The van der Waals surface area contributed by atoms with Crippen LogP contribution in [0.2, 0.25) is 5.02 Å². The second-order valence-electron chi connectivity index (χ2n) is 7.60. The standard InChI is InChI=1S/C20H25ClN2O3.C2H6/c21-16-6-5-7-17-18(16)15(10-23(17)14-11-26-12-14)19(24)22-13-20(25)8-3-1-2-4-9-20;1-2/h5-7,10,14,25H,1-4,8-9,11-13H2,(H,22,24);1-2H3. The zero-order valence-electron chi connectivity index (χ0n) is 16.8. The predicted molar refractivity (Wildman–Crippen MR) is 113 cm³/mol. The van der Waals surface area contributed by atoms with E-state index in [9.17, 15) is 9.90 Å². The molecule has 0 radical (unpaired) electrons. The molecule has 1 aliphatic carbocycles. The minimum Gasteiger partial charge on any atom is -0.388 e. The molecule has 154 valence electrons. The van der Waals surface area contributed by atoms with Gasteiger partial charge in [-0.1, -0.05) is 57.2 Å². The van der Waals surface area contributed by atoms with Gasteiger partial charge in [0.1, 0.15) is 0 Å². The molecule has 2 N–H and O–H groups in total. The first kappa shape index (κ1) is 21.2. The average molecular weight is 407 g/mol.